The van der Waals surface area contributed by atoms with E-state index < -0.39 is 5.92 Å². The van der Waals surface area contributed by atoms with Gasteiger partial charge in [0.2, 0.25) is 11.8 Å². The van der Waals surface area contributed by atoms with Crippen LogP contribution in [-0.4, -0.2) is 32.0 Å². The largest absolute Gasteiger partial charge is 0.326 e. The van der Waals surface area contributed by atoms with Crippen LogP contribution < -0.4 is 10.2 Å². The van der Waals surface area contributed by atoms with Crippen molar-refractivity contribution in [1.29, 1.82) is 0 Å². The number of rotatable bonds is 5. The number of aromatic nitrogens is 4. The number of thiophene rings is 1. The lowest BCUT2D eigenvalue weighted by molar-refractivity contribution is -0.122. The predicted octanol–water partition coefficient (Wildman–Crippen LogP) is 3.77. The number of nitrogens with zero attached hydrogens (tertiary/aromatic N) is 5. The normalized spacial score (nSPS) is 18.2. The molecule has 1 saturated heterocycles. The molecule has 1 N–H and O–H groups in total. The molecule has 3 heterocycles. The molecule has 2 aromatic carbocycles. The van der Waals surface area contributed by atoms with Crippen molar-refractivity contribution in [1.82, 2.24) is 20.2 Å². The number of nitrogens with one attached hydrogen (secondary N) is 1. The fourth-order valence-electron chi connectivity index (χ4n) is 4.01. The molecular formula is C23H20N6O2S. The molecule has 8 nitrogen and oxygen atoms in total. The van der Waals surface area contributed by atoms with Gasteiger partial charge in [0.15, 0.2) is 0 Å². The average molecular weight is 445 g/mol. The molecule has 1 aliphatic rings. The fourth-order valence-corrected chi connectivity index (χ4v) is 4.89. The van der Waals surface area contributed by atoms with Crippen molar-refractivity contribution in [2.75, 3.05) is 10.2 Å². The van der Waals surface area contributed by atoms with Gasteiger partial charge < -0.3 is 10.2 Å². The van der Waals surface area contributed by atoms with Crippen molar-refractivity contribution < 1.29 is 9.59 Å². The van der Waals surface area contributed by atoms with Crippen LogP contribution in [0.5, 0.6) is 0 Å². The number of aryl methyl sites for hydroxylation is 1. The van der Waals surface area contributed by atoms with E-state index in [0.717, 1.165) is 21.8 Å². The maximum atomic E-state index is 13.4. The molecule has 0 saturated carbocycles. The topological polar surface area (TPSA) is 93.0 Å². The Labute approximate surface area is 188 Å². The zero-order valence-corrected chi connectivity index (χ0v) is 18.1. The lowest BCUT2D eigenvalue weighted by Gasteiger charge is -2.27. The van der Waals surface area contributed by atoms with Gasteiger partial charge in [0.05, 0.1) is 17.6 Å². The van der Waals surface area contributed by atoms with Crippen LogP contribution >= 0.6 is 11.3 Å². The van der Waals surface area contributed by atoms with E-state index >= 15 is 0 Å². The third kappa shape index (κ3) is 3.78. The molecule has 9 heteroatoms. The number of benzene rings is 2. The molecule has 0 unspecified atom stereocenters. The minimum absolute atomic E-state index is 0.0603. The highest BCUT2D eigenvalue weighted by Crippen LogP contribution is 2.43. The first-order valence-electron chi connectivity index (χ1n) is 10.2. The van der Waals surface area contributed by atoms with Crippen LogP contribution in [0.4, 0.5) is 11.4 Å². The third-order valence-electron chi connectivity index (χ3n) is 5.53. The molecule has 2 amide bonds. The summed E-state index contributed by atoms with van der Waals surface area (Å²) in [5.74, 6) is -0.769. The number of hydrogen-bond donors (Lipinski definition) is 1. The highest BCUT2D eigenvalue weighted by Gasteiger charge is 2.45. The molecule has 0 aliphatic carbocycles. The minimum Gasteiger partial charge on any atom is -0.326 e. The number of hydrogen-bond acceptors (Lipinski definition) is 6. The van der Waals surface area contributed by atoms with Gasteiger partial charge in [-0.2, -0.15) is 0 Å². The predicted molar refractivity (Wildman–Crippen MR) is 122 cm³/mol. The maximum Gasteiger partial charge on any atom is 0.230 e. The summed E-state index contributed by atoms with van der Waals surface area (Å²) in [5, 5.41) is 16.1. The number of tetrazole rings is 1. The van der Waals surface area contributed by atoms with Crippen molar-refractivity contribution in [2.45, 2.75) is 19.4 Å². The third-order valence-corrected chi connectivity index (χ3v) is 6.48. The molecule has 5 rings (SSSR count). The SMILES string of the molecule is Cc1ccc(N2C(=O)C[C@H](C(=O)Nc3cccc(-n4cnnn4)c3)[C@@H]2c2cccs2)cc1. The summed E-state index contributed by atoms with van der Waals surface area (Å²) in [5.41, 5.74) is 3.26. The quantitative estimate of drug-likeness (QED) is 0.506. The summed E-state index contributed by atoms with van der Waals surface area (Å²) in [6.45, 7) is 2.01. The molecule has 1 aliphatic heterocycles. The molecule has 0 radical (unpaired) electrons. The molecule has 32 heavy (non-hydrogen) atoms. The number of carbonyl (C=O) groups is 2. The van der Waals surface area contributed by atoms with Crippen LogP contribution in [0.2, 0.25) is 0 Å². The second-order valence-corrected chi connectivity index (χ2v) is 8.64. The van der Waals surface area contributed by atoms with Gasteiger partial charge >= 0.3 is 0 Å². The highest BCUT2D eigenvalue weighted by molar-refractivity contribution is 7.10. The maximum absolute atomic E-state index is 13.4. The van der Waals surface area contributed by atoms with Gasteiger partial charge in [0.25, 0.3) is 0 Å². The Morgan fingerprint density at radius 3 is 2.66 bits per heavy atom. The summed E-state index contributed by atoms with van der Waals surface area (Å²) in [4.78, 5) is 29.2. The Kier molecular flexibility index (Phi) is 5.24. The van der Waals surface area contributed by atoms with Crippen LogP contribution in [0, 0.1) is 12.8 Å². The van der Waals surface area contributed by atoms with E-state index in [4.69, 9.17) is 0 Å². The van der Waals surface area contributed by atoms with Gasteiger partial charge in [-0.1, -0.05) is 29.8 Å². The molecule has 4 aromatic rings. The zero-order chi connectivity index (χ0) is 22.1. The van der Waals surface area contributed by atoms with E-state index in [-0.39, 0.29) is 24.3 Å². The Morgan fingerprint density at radius 2 is 1.94 bits per heavy atom. The second kappa shape index (κ2) is 8.35. The van der Waals surface area contributed by atoms with E-state index in [2.05, 4.69) is 20.8 Å². The van der Waals surface area contributed by atoms with E-state index in [1.54, 1.807) is 28.4 Å². The van der Waals surface area contributed by atoms with Gasteiger partial charge in [0, 0.05) is 22.7 Å². The number of amides is 2. The van der Waals surface area contributed by atoms with Crippen LogP contribution in [0.15, 0.2) is 72.4 Å². The zero-order valence-electron chi connectivity index (χ0n) is 17.3. The van der Waals surface area contributed by atoms with Gasteiger partial charge in [-0.3, -0.25) is 9.59 Å². The first kappa shape index (κ1) is 20.1. The molecule has 160 valence electrons. The molecule has 1 fully saturated rings. The molecule has 0 bridgehead atoms. The van der Waals surface area contributed by atoms with Crippen molar-refractivity contribution in [3.63, 3.8) is 0 Å². The lowest BCUT2D eigenvalue weighted by atomic mass is 9.97. The van der Waals surface area contributed by atoms with Crippen molar-refractivity contribution >= 4 is 34.5 Å². The fraction of sp³-hybridized carbons (Fsp3) is 0.174. The van der Waals surface area contributed by atoms with Gasteiger partial charge in [-0.15, -0.1) is 16.4 Å². The van der Waals surface area contributed by atoms with E-state index in [0.29, 0.717) is 5.69 Å². The highest BCUT2D eigenvalue weighted by atomic mass is 32.1. The van der Waals surface area contributed by atoms with E-state index in [1.807, 2.05) is 60.8 Å². The van der Waals surface area contributed by atoms with E-state index in [9.17, 15) is 9.59 Å². The first-order chi connectivity index (χ1) is 15.6. The monoisotopic (exact) mass is 444 g/mol. The molecule has 2 aromatic heterocycles. The smallest absolute Gasteiger partial charge is 0.230 e. The van der Waals surface area contributed by atoms with E-state index in [1.165, 1.54) is 11.0 Å². The standard InChI is InChI=1S/C23H20N6O2S/c1-15-7-9-17(10-8-15)29-21(30)13-19(22(29)20-6-3-11-32-20)23(31)25-16-4-2-5-18(12-16)28-14-24-26-27-28/h2-12,14,19,22H,13H2,1H3,(H,25,31)/t19-,22+/m0/s1. The Balaban J connectivity index is 1.44. The molecular weight excluding hydrogens is 424 g/mol. The molecule has 0 spiro atoms. The number of carbonyl (C=O) groups excluding carboxylic acids is 2. The van der Waals surface area contributed by atoms with Crippen molar-refractivity contribution in [2.24, 2.45) is 5.92 Å². The van der Waals surface area contributed by atoms with Crippen LogP contribution in [0.3, 0.4) is 0 Å². The Hall–Kier alpha value is -3.85. The molecule has 2 atom stereocenters. The average Bonchev–Trinajstić information content (AvgIpc) is 3.56. The van der Waals surface area contributed by atoms with Gasteiger partial charge in [0.1, 0.15) is 6.33 Å². The summed E-state index contributed by atoms with van der Waals surface area (Å²) in [7, 11) is 0. The Morgan fingerprint density at radius 1 is 1.09 bits per heavy atom. The first-order valence-corrected chi connectivity index (χ1v) is 11.0. The van der Waals surface area contributed by atoms with Crippen LogP contribution in [0.1, 0.15) is 22.9 Å². The summed E-state index contributed by atoms with van der Waals surface area (Å²) in [6.07, 6.45) is 1.64. The number of anilines is 2. The van der Waals surface area contributed by atoms with Crippen molar-refractivity contribution in [3.8, 4) is 5.69 Å². The van der Waals surface area contributed by atoms with Crippen LogP contribution in [-0.2, 0) is 9.59 Å². The van der Waals surface area contributed by atoms with Gasteiger partial charge in [-0.05, 0) is 59.1 Å². The van der Waals surface area contributed by atoms with Gasteiger partial charge in [-0.25, -0.2) is 4.68 Å². The summed E-state index contributed by atoms with van der Waals surface area (Å²) >= 11 is 1.55. The van der Waals surface area contributed by atoms with Crippen LogP contribution in [0.25, 0.3) is 5.69 Å². The Bertz CT molecular complexity index is 1240. The minimum atomic E-state index is -0.515. The summed E-state index contributed by atoms with van der Waals surface area (Å²) < 4.78 is 1.52. The lowest BCUT2D eigenvalue weighted by Crippen LogP contribution is -2.32. The van der Waals surface area contributed by atoms with Crippen molar-refractivity contribution in [3.05, 3.63) is 82.8 Å². The second-order valence-electron chi connectivity index (χ2n) is 7.66. The summed E-state index contributed by atoms with van der Waals surface area (Å²) in [6, 6.07) is 18.7.